The molecule has 0 fully saturated rings. The molecule has 2 rings (SSSR count). The predicted molar refractivity (Wildman–Crippen MR) is 127 cm³/mol. The summed E-state index contributed by atoms with van der Waals surface area (Å²) in [5.74, 6) is 0.778. The Kier molecular flexibility index (Phi) is 8.80. The number of nitrogens with zero attached hydrogens (tertiary/aromatic N) is 1. The van der Waals surface area contributed by atoms with Crippen LogP contribution in [-0.2, 0) is 21.9 Å². The molecule has 0 radical (unpaired) electrons. The Balaban J connectivity index is 2.09. The van der Waals surface area contributed by atoms with Gasteiger partial charge in [-0.3, -0.25) is 9.59 Å². The number of benzene rings is 2. The summed E-state index contributed by atoms with van der Waals surface area (Å²) in [6, 6.07) is 15.1. The SMILES string of the molecule is Cc1ccc(CN(C(=O)CSCc2cccc(Cl)c2)[C@@H](C)C(=O)NC(C)(C)C)cc1. The normalized spacial score (nSPS) is 12.3. The highest BCUT2D eigenvalue weighted by molar-refractivity contribution is 7.99. The molecule has 2 aromatic rings. The summed E-state index contributed by atoms with van der Waals surface area (Å²) in [5.41, 5.74) is 2.88. The number of hydrogen-bond acceptors (Lipinski definition) is 3. The number of carbonyl (C=O) groups excluding carboxylic acids is 2. The van der Waals surface area contributed by atoms with Gasteiger partial charge in [0.25, 0.3) is 0 Å². The lowest BCUT2D eigenvalue weighted by Gasteiger charge is -2.31. The molecule has 0 unspecified atom stereocenters. The minimum absolute atomic E-state index is 0.0563. The molecule has 4 nitrogen and oxygen atoms in total. The maximum absolute atomic E-state index is 13.1. The number of hydrogen-bond donors (Lipinski definition) is 1. The van der Waals surface area contributed by atoms with E-state index in [4.69, 9.17) is 11.6 Å². The van der Waals surface area contributed by atoms with Gasteiger partial charge in [0.05, 0.1) is 5.75 Å². The van der Waals surface area contributed by atoms with Crippen LogP contribution < -0.4 is 5.32 Å². The van der Waals surface area contributed by atoms with Crippen molar-refractivity contribution < 1.29 is 9.59 Å². The van der Waals surface area contributed by atoms with Crippen molar-refractivity contribution in [2.24, 2.45) is 0 Å². The quantitative estimate of drug-likeness (QED) is 0.605. The Morgan fingerprint density at radius 1 is 1.10 bits per heavy atom. The van der Waals surface area contributed by atoms with E-state index in [1.807, 2.05) is 76.2 Å². The van der Waals surface area contributed by atoms with E-state index >= 15 is 0 Å². The Morgan fingerprint density at radius 2 is 1.77 bits per heavy atom. The Labute approximate surface area is 189 Å². The van der Waals surface area contributed by atoms with Crippen LogP contribution in [0.2, 0.25) is 5.02 Å². The van der Waals surface area contributed by atoms with Crippen molar-refractivity contribution in [3.8, 4) is 0 Å². The van der Waals surface area contributed by atoms with Crippen LogP contribution in [0.15, 0.2) is 48.5 Å². The second-order valence-electron chi connectivity index (χ2n) is 8.55. The summed E-state index contributed by atoms with van der Waals surface area (Å²) < 4.78 is 0. The average molecular weight is 447 g/mol. The van der Waals surface area contributed by atoms with Crippen molar-refractivity contribution in [3.63, 3.8) is 0 Å². The molecule has 0 saturated carbocycles. The van der Waals surface area contributed by atoms with E-state index in [1.54, 1.807) is 11.8 Å². The van der Waals surface area contributed by atoms with Crippen LogP contribution in [0.5, 0.6) is 0 Å². The smallest absolute Gasteiger partial charge is 0.242 e. The number of aryl methyl sites for hydroxylation is 1. The fourth-order valence-electron chi connectivity index (χ4n) is 2.91. The van der Waals surface area contributed by atoms with Crippen molar-refractivity contribution in [3.05, 3.63) is 70.2 Å². The van der Waals surface area contributed by atoms with E-state index in [-0.39, 0.29) is 17.4 Å². The molecule has 1 N–H and O–H groups in total. The summed E-state index contributed by atoms with van der Waals surface area (Å²) in [6.45, 7) is 10.0. The molecule has 6 heteroatoms. The molecule has 162 valence electrons. The lowest BCUT2D eigenvalue weighted by Crippen LogP contribution is -2.52. The van der Waals surface area contributed by atoms with Gasteiger partial charge in [-0.05, 0) is 57.9 Å². The van der Waals surface area contributed by atoms with E-state index in [0.717, 1.165) is 16.7 Å². The number of nitrogens with one attached hydrogen (secondary N) is 1. The standard InChI is InChI=1S/C24H31ClN2O2S/c1-17-9-11-19(12-10-17)14-27(18(2)23(29)26-24(3,4)5)22(28)16-30-15-20-7-6-8-21(25)13-20/h6-13,18H,14-16H2,1-5H3,(H,26,29)/t18-/m0/s1. The first-order chi connectivity index (χ1) is 14.0. The first kappa shape index (κ1) is 24.3. The lowest BCUT2D eigenvalue weighted by molar-refractivity contribution is -0.139. The summed E-state index contributed by atoms with van der Waals surface area (Å²) >= 11 is 7.56. The topological polar surface area (TPSA) is 49.4 Å². The van der Waals surface area contributed by atoms with Crippen LogP contribution in [0, 0.1) is 6.92 Å². The van der Waals surface area contributed by atoms with Crippen molar-refractivity contribution >= 4 is 35.2 Å². The van der Waals surface area contributed by atoms with Gasteiger partial charge in [-0.2, -0.15) is 0 Å². The summed E-state index contributed by atoms with van der Waals surface area (Å²) in [7, 11) is 0. The molecule has 0 aliphatic carbocycles. The molecule has 30 heavy (non-hydrogen) atoms. The number of halogens is 1. The largest absolute Gasteiger partial charge is 0.350 e. The van der Waals surface area contributed by atoms with E-state index < -0.39 is 6.04 Å². The summed E-state index contributed by atoms with van der Waals surface area (Å²) in [5, 5.41) is 3.67. The zero-order valence-electron chi connectivity index (χ0n) is 18.4. The second-order valence-corrected chi connectivity index (χ2v) is 9.97. The number of rotatable bonds is 8. The maximum atomic E-state index is 13.1. The van der Waals surface area contributed by atoms with Gasteiger partial charge in [0, 0.05) is 22.9 Å². The van der Waals surface area contributed by atoms with Crippen molar-refractivity contribution in [2.75, 3.05) is 5.75 Å². The van der Waals surface area contributed by atoms with E-state index in [9.17, 15) is 9.59 Å². The van der Waals surface area contributed by atoms with Gasteiger partial charge < -0.3 is 10.2 Å². The van der Waals surface area contributed by atoms with E-state index in [1.165, 1.54) is 11.8 Å². The van der Waals surface area contributed by atoms with Crippen LogP contribution in [0.3, 0.4) is 0 Å². The minimum Gasteiger partial charge on any atom is -0.350 e. The number of thioether (sulfide) groups is 1. The molecule has 0 saturated heterocycles. The Bertz CT molecular complexity index is 862. The molecular formula is C24H31ClN2O2S. The van der Waals surface area contributed by atoms with Crippen LogP contribution in [0.4, 0.5) is 0 Å². The van der Waals surface area contributed by atoms with Gasteiger partial charge in [-0.15, -0.1) is 11.8 Å². The van der Waals surface area contributed by atoms with Gasteiger partial charge in [-0.25, -0.2) is 0 Å². The van der Waals surface area contributed by atoms with Gasteiger partial charge >= 0.3 is 0 Å². The maximum Gasteiger partial charge on any atom is 0.242 e. The molecule has 2 aromatic carbocycles. The molecule has 2 amide bonds. The highest BCUT2D eigenvalue weighted by Gasteiger charge is 2.28. The molecule has 0 aromatic heterocycles. The number of amides is 2. The lowest BCUT2D eigenvalue weighted by atomic mass is 10.1. The fourth-order valence-corrected chi connectivity index (χ4v) is 3.98. The third-order valence-electron chi connectivity index (χ3n) is 4.52. The fraction of sp³-hybridized carbons (Fsp3) is 0.417. The van der Waals surface area contributed by atoms with Gasteiger partial charge in [0.15, 0.2) is 0 Å². The van der Waals surface area contributed by atoms with E-state index in [2.05, 4.69) is 5.32 Å². The summed E-state index contributed by atoms with van der Waals surface area (Å²) in [6.07, 6.45) is 0. The molecule has 0 spiro atoms. The molecule has 0 aliphatic rings. The van der Waals surface area contributed by atoms with Crippen LogP contribution in [-0.4, -0.2) is 34.0 Å². The van der Waals surface area contributed by atoms with Crippen LogP contribution >= 0.6 is 23.4 Å². The van der Waals surface area contributed by atoms with Gasteiger partial charge in [0.1, 0.15) is 6.04 Å². The zero-order chi connectivity index (χ0) is 22.3. The number of carbonyl (C=O) groups is 2. The van der Waals surface area contributed by atoms with Crippen molar-refractivity contribution in [1.82, 2.24) is 10.2 Å². The first-order valence-corrected chi connectivity index (χ1v) is 11.6. The molecule has 0 aliphatic heterocycles. The van der Waals surface area contributed by atoms with Crippen molar-refractivity contribution in [1.29, 1.82) is 0 Å². The molecule has 0 bridgehead atoms. The highest BCUT2D eigenvalue weighted by atomic mass is 35.5. The van der Waals surface area contributed by atoms with Crippen LogP contribution in [0.25, 0.3) is 0 Å². The highest BCUT2D eigenvalue weighted by Crippen LogP contribution is 2.19. The van der Waals surface area contributed by atoms with Gasteiger partial charge in [-0.1, -0.05) is 53.6 Å². The second kappa shape index (κ2) is 10.9. The van der Waals surface area contributed by atoms with Crippen LogP contribution in [0.1, 0.15) is 44.4 Å². The van der Waals surface area contributed by atoms with E-state index in [0.29, 0.717) is 23.1 Å². The molecule has 1 atom stereocenters. The minimum atomic E-state index is -0.565. The average Bonchev–Trinajstić information content (AvgIpc) is 2.65. The Hall–Kier alpha value is -1.98. The van der Waals surface area contributed by atoms with Crippen molar-refractivity contribution in [2.45, 2.75) is 58.5 Å². The third-order valence-corrected chi connectivity index (χ3v) is 5.75. The Morgan fingerprint density at radius 3 is 2.37 bits per heavy atom. The first-order valence-electron chi connectivity index (χ1n) is 10.0. The summed E-state index contributed by atoms with van der Waals surface area (Å²) in [4.78, 5) is 27.5. The molecular weight excluding hydrogens is 416 g/mol. The third kappa shape index (κ3) is 8.04. The zero-order valence-corrected chi connectivity index (χ0v) is 19.9. The molecule has 0 heterocycles. The van der Waals surface area contributed by atoms with Gasteiger partial charge in [0.2, 0.25) is 11.8 Å². The predicted octanol–water partition coefficient (Wildman–Crippen LogP) is 5.21. The monoisotopic (exact) mass is 446 g/mol.